The number of rotatable bonds is 5. The van der Waals surface area contributed by atoms with Crippen molar-refractivity contribution in [3.05, 3.63) is 34.9 Å². The molecule has 1 saturated heterocycles. The van der Waals surface area contributed by atoms with Crippen molar-refractivity contribution in [2.75, 3.05) is 27.2 Å². The van der Waals surface area contributed by atoms with Gasteiger partial charge >= 0.3 is 0 Å². The van der Waals surface area contributed by atoms with Crippen molar-refractivity contribution < 1.29 is 14.4 Å². The van der Waals surface area contributed by atoms with E-state index in [0.717, 1.165) is 11.1 Å². The smallest absolute Gasteiger partial charge is 0.225 e. The molecule has 0 aromatic heterocycles. The van der Waals surface area contributed by atoms with Crippen LogP contribution in [0.2, 0.25) is 0 Å². The molecule has 25 heavy (non-hydrogen) atoms. The van der Waals surface area contributed by atoms with Crippen LogP contribution in [0.1, 0.15) is 47.2 Å². The number of carbonyl (C=O) groups is 3. The summed E-state index contributed by atoms with van der Waals surface area (Å²) in [5, 5.41) is 0. The van der Waals surface area contributed by atoms with Crippen LogP contribution in [0.25, 0.3) is 0 Å². The summed E-state index contributed by atoms with van der Waals surface area (Å²) in [4.78, 5) is 40.0. The minimum atomic E-state index is 0.00735. The molecule has 1 aromatic carbocycles. The summed E-state index contributed by atoms with van der Waals surface area (Å²) in [6, 6.07) is 5.66. The number of carbonyl (C=O) groups excluding carboxylic acids is 3. The lowest BCUT2D eigenvalue weighted by atomic mass is 9.95. The van der Waals surface area contributed by atoms with E-state index in [-0.39, 0.29) is 36.4 Å². The number of amides is 2. The Morgan fingerprint density at radius 3 is 2.24 bits per heavy atom. The summed E-state index contributed by atoms with van der Waals surface area (Å²) in [6.07, 6.45) is 1.87. The number of likely N-dealkylation sites (tertiary alicyclic amines) is 1. The Hall–Kier alpha value is -2.17. The molecule has 0 bridgehead atoms. The number of benzene rings is 1. The fraction of sp³-hybridized carbons (Fsp3) is 0.550. The zero-order chi connectivity index (χ0) is 18.6. The first kappa shape index (κ1) is 19.2. The van der Waals surface area contributed by atoms with Gasteiger partial charge in [0.1, 0.15) is 0 Å². The van der Waals surface area contributed by atoms with Gasteiger partial charge in [-0.2, -0.15) is 0 Å². The molecule has 0 atom stereocenters. The topological polar surface area (TPSA) is 57.7 Å². The van der Waals surface area contributed by atoms with E-state index in [0.29, 0.717) is 31.5 Å². The van der Waals surface area contributed by atoms with Crippen LogP contribution in [0.3, 0.4) is 0 Å². The third-order valence-corrected chi connectivity index (χ3v) is 5.03. The van der Waals surface area contributed by atoms with Crippen LogP contribution in [0, 0.1) is 19.8 Å². The van der Waals surface area contributed by atoms with Crippen molar-refractivity contribution in [1.82, 2.24) is 9.80 Å². The highest BCUT2D eigenvalue weighted by molar-refractivity contribution is 5.98. The molecule has 0 N–H and O–H groups in total. The van der Waals surface area contributed by atoms with Gasteiger partial charge in [0, 0.05) is 51.5 Å². The zero-order valence-corrected chi connectivity index (χ0v) is 15.7. The average molecular weight is 344 g/mol. The van der Waals surface area contributed by atoms with Crippen LogP contribution in [0.15, 0.2) is 18.2 Å². The van der Waals surface area contributed by atoms with E-state index in [1.54, 1.807) is 23.9 Å². The van der Waals surface area contributed by atoms with Crippen LogP contribution >= 0.6 is 0 Å². The van der Waals surface area contributed by atoms with Crippen LogP contribution in [0.4, 0.5) is 0 Å². The molecular formula is C20H28N2O3. The summed E-state index contributed by atoms with van der Waals surface area (Å²) in [7, 11) is 3.52. The standard InChI is InChI=1S/C20H28N2O3/c1-14-5-6-17(13-15(14)2)18(23)7-8-19(24)22-11-9-16(10-12-22)20(25)21(3)4/h5-6,13,16H,7-12H2,1-4H3. The van der Waals surface area contributed by atoms with E-state index in [4.69, 9.17) is 0 Å². The number of aryl methyl sites for hydroxylation is 2. The minimum absolute atomic E-state index is 0.00735. The van der Waals surface area contributed by atoms with E-state index in [9.17, 15) is 14.4 Å². The normalized spacial score (nSPS) is 15.1. The van der Waals surface area contributed by atoms with E-state index < -0.39 is 0 Å². The average Bonchev–Trinajstić information content (AvgIpc) is 2.61. The van der Waals surface area contributed by atoms with Gasteiger partial charge in [0.05, 0.1) is 0 Å². The summed E-state index contributed by atoms with van der Waals surface area (Å²) >= 11 is 0. The molecule has 136 valence electrons. The molecule has 5 heteroatoms. The summed E-state index contributed by atoms with van der Waals surface area (Å²) in [6.45, 7) is 5.19. The van der Waals surface area contributed by atoms with Crippen LogP contribution in [0.5, 0.6) is 0 Å². The zero-order valence-electron chi connectivity index (χ0n) is 15.7. The minimum Gasteiger partial charge on any atom is -0.349 e. The first-order valence-corrected chi connectivity index (χ1v) is 8.89. The predicted octanol–water partition coefficient (Wildman–Crippen LogP) is 2.59. The molecule has 1 aliphatic rings. The van der Waals surface area contributed by atoms with Crippen molar-refractivity contribution in [2.45, 2.75) is 39.5 Å². The van der Waals surface area contributed by atoms with Gasteiger partial charge in [0.15, 0.2) is 5.78 Å². The second-order valence-electron chi connectivity index (χ2n) is 7.11. The molecule has 5 nitrogen and oxygen atoms in total. The molecule has 0 unspecified atom stereocenters. The molecule has 2 amide bonds. The number of ketones is 1. The molecule has 1 aliphatic heterocycles. The van der Waals surface area contributed by atoms with Crippen molar-refractivity contribution in [3.63, 3.8) is 0 Å². The van der Waals surface area contributed by atoms with Crippen LogP contribution < -0.4 is 0 Å². The Balaban J connectivity index is 1.82. The first-order valence-electron chi connectivity index (χ1n) is 8.89. The van der Waals surface area contributed by atoms with Gasteiger partial charge in [-0.05, 0) is 43.9 Å². The highest BCUT2D eigenvalue weighted by Gasteiger charge is 2.28. The maximum Gasteiger partial charge on any atom is 0.225 e. The lowest BCUT2D eigenvalue weighted by molar-refractivity contribution is -0.139. The Labute approximate surface area is 150 Å². The van der Waals surface area contributed by atoms with Gasteiger partial charge in [-0.3, -0.25) is 14.4 Å². The Morgan fingerprint density at radius 2 is 1.68 bits per heavy atom. The van der Waals surface area contributed by atoms with Gasteiger partial charge in [0.2, 0.25) is 11.8 Å². The predicted molar refractivity (Wildman–Crippen MR) is 97.5 cm³/mol. The second-order valence-corrected chi connectivity index (χ2v) is 7.11. The molecule has 1 fully saturated rings. The van der Waals surface area contributed by atoms with Crippen LogP contribution in [-0.2, 0) is 9.59 Å². The molecule has 0 saturated carbocycles. The second kappa shape index (κ2) is 8.28. The maximum atomic E-state index is 12.3. The Kier molecular flexibility index (Phi) is 6.34. The number of hydrogen-bond donors (Lipinski definition) is 0. The fourth-order valence-electron chi connectivity index (χ4n) is 3.18. The monoisotopic (exact) mass is 344 g/mol. The lowest BCUT2D eigenvalue weighted by Gasteiger charge is -2.32. The molecule has 2 rings (SSSR count). The fourth-order valence-corrected chi connectivity index (χ4v) is 3.18. The van der Waals surface area contributed by atoms with Gasteiger partial charge in [-0.25, -0.2) is 0 Å². The Bertz CT molecular complexity index is 659. The highest BCUT2D eigenvalue weighted by atomic mass is 16.2. The van der Waals surface area contributed by atoms with E-state index in [1.807, 2.05) is 32.0 Å². The van der Waals surface area contributed by atoms with Gasteiger partial charge < -0.3 is 9.80 Å². The number of nitrogens with zero attached hydrogens (tertiary/aromatic N) is 2. The van der Waals surface area contributed by atoms with Crippen molar-refractivity contribution in [1.29, 1.82) is 0 Å². The third-order valence-electron chi connectivity index (χ3n) is 5.03. The lowest BCUT2D eigenvalue weighted by Crippen LogP contribution is -2.42. The molecule has 1 heterocycles. The van der Waals surface area contributed by atoms with E-state index in [1.165, 1.54) is 0 Å². The molecule has 1 aromatic rings. The summed E-state index contributed by atoms with van der Waals surface area (Å²) < 4.78 is 0. The summed E-state index contributed by atoms with van der Waals surface area (Å²) in [5.74, 6) is 0.162. The van der Waals surface area contributed by atoms with Gasteiger partial charge in [0.25, 0.3) is 0 Å². The quantitative estimate of drug-likeness (QED) is 0.772. The molecule has 0 aliphatic carbocycles. The first-order chi connectivity index (χ1) is 11.8. The van der Waals surface area contributed by atoms with Crippen molar-refractivity contribution in [2.24, 2.45) is 5.92 Å². The maximum absolute atomic E-state index is 12.3. The number of hydrogen-bond acceptors (Lipinski definition) is 3. The number of Topliss-reactive ketones (excluding diaryl/α,β-unsaturated/α-hetero) is 1. The molecular weight excluding hydrogens is 316 g/mol. The van der Waals surface area contributed by atoms with Crippen molar-refractivity contribution in [3.8, 4) is 0 Å². The third kappa shape index (κ3) is 4.91. The SMILES string of the molecule is Cc1ccc(C(=O)CCC(=O)N2CCC(C(=O)N(C)C)CC2)cc1C. The summed E-state index contributed by atoms with van der Waals surface area (Å²) in [5.41, 5.74) is 2.92. The van der Waals surface area contributed by atoms with E-state index in [2.05, 4.69) is 0 Å². The molecule has 0 radical (unpaired) electrons. The highest BCUT2D eigenvalue weighted by Crippen LogP contribution is 2.20. The van der Waals surface area contributed by atoms with Crippen molar-refractivity contribution >= 4 is 17.6 Å². The van der Waals surface area contributed by atoms with E-state index >= 15 is 0 Å². The number of piperidine rings is 1. The van der Waals surface area contributed by atoms with Gasteiger partial charge in [-0.1, -0.05) is 12.1 Å². The molecule has 0 spiro atoms. The largest absolute Gasteiger partial charge is 0.349 e. The van der Waals surface area contributed by atoms with Gasteiger partial charge in [-0.15, -0.1) is 0 Å². The van der Waals surface area contributed by atoms with Crippen LogP contribution in [-0.4, -0.2) is 54.6 Å². The Morgan fingerprint density at radius 1 is 1.04 bits per heavy atom.